The van der Waals surface area contributed by atoms with Crippen molar-refractivity contribution in [3.05, 3.63) is 92.0 Å². The van der Waals surface area contributed by atoms with E-state index in [1.54, 1.807) is 0 Å². The van der Waals surface area contributed by atoms with E-state index in [0.29, 0.717) is 30.3 Å². The van der Waals surface area contributed by atoms with E-state index in [9.17, 15) is 67.1 Å². The summed E-state index contributed by atoms with van der Waals surface area (Å²) in [5, 5.41) is -1.50. The van der Waals surface area contributed by atoms with Gasteiger partial charge in [-0.1, -0.05) is 23.2 Å². The van der Waals surface area contributed by atoms with E-state index in [1.165, 1.54) is 0 Å². The number of hydrogen-bond acceptors (Lipinski definition) is 11. The van der Waals surface area contributed by atoms with Crippen LogP contribution in [0.3, 0.4) is 0 Å². The average Bonchev–Trinajstić information content (AvgIpc) is 3.14. The van der Waals surface area contributed by atoms with Crippen molar-refractivity contribution in [3.63, 3.8) is 0 Å². The monoisotopic (exact) mass is 908 g/mol. The Morgan fingerprint density at radius 2 is 1.03 bits per heavy atom. The van der Waals surface area contributed by atoms with Gasteiger partial charge < -0.3 is 37.9 Å². The van der Waals surface area contributed by atoms with Crippen molar-refractivity contribution < 1.29 is 113 Å². The highest BCUT2D eigenvalue weighted by atomic mass is 35.5. The number of alkyl halides is 8. The quantitative estimate of drug-likeness (QED) is 0.0766. The number of rotatable bonds is 12. The van der Waals surface area contributed by atoms with Crippen molar-refractivity contribution in [2.45, 2.75) is 19.2 Å². The Morgan fingerprint density at radius 3 is 1.39 bits per heavy atom. The summed E-state index contributed by atoms with van der Waals surface area (Å²) in [5.41, 5.74) is -4.38. The Hall–Kier alpha value is -5.97. The predicted molar refractivity (Wildman–Crippen MR) is 175 cm³/mol. The third-order valence-electron chi connectivity index (χ3n) is 6.70. The van der Waals surface area contributed by atoms with Gasteiger partial charge in [-0.3, -0.25) is 4.79 Å². The van der Waals surface area contributed by atoms with Gasteiger partial charge in [0.1, 0.15) is 22.6 Å². The van der Waals surface area contributed by atoms with Crippen LogP contribution in [0.15, 0.2) is 36.4 Å². The molecule has 0 fully saturated rings. The van der Waals surface area contributed by atoms with E-state index in [0.717, 1.165) is 20.3 Å². The number of carbonyl (C=O) groups excluding carboxylic acids is 3. The van der Waals surface area contributed by atoms with E-state index in [4.69, 9.17) is 40.9 Å². The minimum atomic E-state index is -5.37. The highest BCUT2D eigenvalue weighted by Crippen LogP contribution is 2.45. The zero-order chi connectivity index (χ0) is 49.7. The first-order valence-electron chi connectivity index (χ1n) is 17.6. The molecule has 0 atom stereocenters. The lowest BCUT2D eigenvalue weighted by Crippen LogP contribution is -2.18. The summed E-state index contributed by atoms with van der Waals surface area (Å²) < 4.78 is 236. The number of carbonyl (C=O) groups is 3. The molecule has 0 saturated heterocycles. The summed E-state index contributed by atoms with van der Waals surface area (Å²) in [4.78, 5) is 35.0. The fourth-order valence-electron chi connectivity index (χ4n) is 4.31. The number of aldehydes is 1. The van der Waals surface area contributed by atoms with Crippen molar-refractivity contribution in [2.75, 3.05) is 28.3 Å². The first-order chi connectivity index (χ1) is 29.7. The molecule has 0 N–H and O–H groups in total. The lowest BCUT2D eigenvalue weighted by molar-refractivity contribution is -0.276. The second-order valence-electron chi connectivity index (χ2n) is 10.2. The second-order valence-corrected chi connectivity index (χ2v) is 11.0. The molecule has 0 unspecified atom stereocenters. The molecule has 0 aliphatic heterocycles. The minimum absolute atomic E-state index is 0.0139. The van der Waals surface area contributed by atoms with Gasteiger partial charge in [-0.2, -0.15) is 8.78 Å². The van der Waals surface area contributed by atoms with E-state index < -0.39 is 147 Å². The highest BCUT2D eigenvalue weighted by Gasteiger charge is 2.36. The van der Waals surface area contributed by atoms with Crippen LogP contribution in [0.1, 0.15) is 51.3 Å². The van der Waals surface area contributed by atoms with Gasteiger partial charge in [0, 0.05) is 12.1 Å². The molecule has 0 radical (unpaired) electrons. The standard InChI is InChI=1S/C17H10ClF7O5.C17H10ClF5O6/c1-27-14-8(4-3-7(12(14)19)30-17(23,24)25)29-9-5-6(18)10(15(21)22)13(20)11(9)16(26)28-2;1-26-15-10(4-3-9(14(15)20)29-17(21,22)23)28-11-5-8(18)7(6-24)13(19)12(11)16(25)27-2/h3-5,15H,1-2H3;3-6H,1-2H3/i2*1D3. The molecule has 0 aliphatic rings. The first kappa shape index (κ1) is 38.5. The molecular formula is C34H20Cl2F12O11. The molecule has 59 heavy (non-hydrogen) atoms. The van der Waals surface area contributed by atoms with Crippen LogP contribution in [0, 0.1) is 23.3 Å². The van der Waals surface area contributed by atoms with Gasteiger partial charge >= 0.3 is 24.7 Å². The average molecular weight is 909 g/mol. The maximum atomic E-state index is 14.6. The smallest absolute Gasteiger partial charge is 0.490 e. The number of ether oxygens (including phenoxy) is 8. The Labute approximate surface area is 340 Å². The molecule has 4 rings (SSSR count). The largest absolute Gasteiger partial charge is 0.573 e. The van der Waals surface area contributed by atoms with Gasteiger partial charge in [0.2, 0.25) is 23.1 Å². The maximum Gasteiger partial charge on any atom is 0.573 e. The lowest BCUT2D eigenvalue weighted by Gasteiger charge is -2.17. The number of esters is 2. The maximum absolute atomic E-state index is 14.6. The third kappa shape index (κ3) is 11.2. The molecule has 4 aromatic rings. The molecule has 0 heterocycles. The first-order valence-corrected chi connectivity index (χ1v) is 15.3. The summed E-state index contributed by atoms with van der Waals surface area (Å²) in [6.45, 7) is 0. The summed E-state index contributed by atoms with van der Waals surface area (Å²) in [6, 6.07) is 3.16. The van der Waals surface area contributed by atoms with Crippen LogP contribution in [-0.4, -0.2) is 59.2 Å². The molecule has 11 nitrogen and oxygen atoms in total. The topological polar surface area (TPSA) is 125 Å². The van der Waals surface area contributed by atoms with E-state index in [2.05, 4.69) is 28.4 Å². The van der Waals surface area contributed by atoms with Gasteiger partial charge in [-0.25, -0.2) is 27.2 Å². The summed E-state index contributed by atoms with van der Waals surface area (Å²) in [7, 11) is -5.18. The van der Waals surface area contributed by atoms with E-state index in [-0.39, 0.29) is 6.29 Å². The zero-order valence-electron chi connectivity index (χ0n) is 34.4. The predicted octanol–water partition coefficient (Wildman–Crippen LogP) is 11.0. The Morgan fingerprint density at radius 1 is 0.644 bits per heavy atom. The molecule has 25 heteroatoms. The van der Waals surface area contributed by atoms with E-state index >= 15 is 0 Å². The Balaban J connectivity index is 0.000000345. The van der Waals surface area contributed by atoms with Crippen LogP contribution < -0.4 is 28.4 Å². The summed E-state index contributed by atoms with van der Waals surface area (Å²) in [5.74, 6) is -19.6. The van der Waals surface area contributed by atoms with Crippen LogP contribution in [0.5, 0.6) is 46.0 Å². The van der Waals surface area contributed by atoms with Gasteiger partial charge in [0.15, 0.2) is 40.9 Å². The Bertz CT molecular complexity index is 2450. The molecule has 0 spiro atoms. The molecule has 0 aliphatic carbocycles. The minimum Gasteiger partial charge on any atom is -0.490 e. The van der Waals surface area contributed by atoms with Crippen molar-refractivity contribution in [2.24, 2.45) is 0 Å². The fraction of sp³-hybridized carbons (Fsp3) is 0.206. The zero-order valence-corrected chi connectivity index (χ0v) is 29.9. The molecule has 0 saturated carbocycles. The molecule has 320 valence electrons. The fourth-order valence-corrected chi connectivity index (χ4v) is 4.81. The summed E-state index contributed by atoms with van der Waals surface area (Å²) in [6.07, 6.45) is -14.2. The molecular weight excluding hydrogens is 883 g/mol. The van der Waals surface area contributed by atoms with Crippen molar-refractivity contribution in [3.8, 4) is 46.0 Å². The van der Waals surface area contributed by atoms with Crippen molar-refractivity contribution >= 4 is 41.4 Å². The van der Waals surface area contributed by atoms with Crippen LogP contribution in [0.2, 0.25) is 10.0 Å². The lowest BCUT2D eigenvalue weighted by atomic mass is 10.1. The van der Waals surface area contributed by atoms with Gasteiger partial charge in [-0.15, -0.1) is 26.3 Å². The van der Waals surface area contributed by atoms with Crippen LogP contribution in [0.4, 0.5) is 52.7 Å². The van der Waals surface area contributed by atoms with Crippen LogP contribution in [-0.2, 0) is 9.47 Å². The highest BCUT2D eigenvalue weighted by molar-refractivity contribution is 6.33. The van der Waals surface area contributed by atoms with E-state index in [1.807, 2.05) is 0 Å². The van der Waals surface area contributed by atoms with Gasteiger partial charge in [0.25, 0.3) is 6.43 Å². The normalized spacial score (nSPS) is 13.2. The molecule has 0 aromatic heterocycles. The summed E-state index contributed by atoms with van der Waals surface area (Å²) >= 11 is 11.4. The molecule has 4 aromatic carbocycles. The third-order valence-corrected chi connectivity index (χ3v) is 7.32. The number of hydrogen-bond donors (Lipinski definition) is 0. The van der Waals surface area contributed by atoms with Crippen LogP contribution >= 0.6 is 23.2 Å². The number of benzene rings is 4. The van der Waals surface area contributed by atoms with Gasteiger partial charge in [0.05, 0.1) is 57.7 Å². The SMILES string of the molecule is [2H]C([2H])([2H])Oc1c(Oc2cc(Cl)c(C(F)F)c(F)c2C(=O)OC)ccc(OC(F)(F)F)c1F.[2H]C([2H])([2H])Oc1c(Oc2cc(Cl)c(C=O)c(F)c2C(=O)OC)ccc(OC(F)(F)F)c1F. The van der Waals surface area contributed by atoms with Crippen LogP contribution in [0.25, 0.3) is 0 Å². The Kier molecular flexibility index (Phi) is 12.5. The molecule has 0 bridgehead atoms. The van der Waals surface area contributed by atoms with Crippen molar-refractivity contribution in [1.82, 2.24) is 0 Å². The van der Waals surface area contributed by atoms with Gasteiger partial charge in [-0.05, 0) is 24.3 Å². The molecule has 0 amide bonds. The van der Waals surface area contributed by atoms with Crippen molar-refractivity contribution in [1.29, 1.82) is 0 Å². The number of methoxy groups -OCH3 is 4. The number of halogens is 14. The second kappa shape index (κ2) is 19.2.